The Labute approximate surface area is 56.5 Å². The quantitative estimate of drug-likeness (QED) is 0.460. The van der Waals surface area contributed by atoms with Crippen LogP contribution in [0.4, 0.5) is 0 Å². The molecule has 1 N–H and O–H groups in total. The van der Waals surface area contributed by atoms with Gasteiger partial charge in [-0.05, 0) is 17.7 Å². The van der Waals surface area contributed by atoms with E-state index < -0.39 is 0 Å². The lowest BCUT2D eigenvalue weighted by atomic mass is 10.1. The molecule has 0 bridgehead atoms. The molecular weight excluding hydrogens is 122 g/mol. The summed E-state index contributed by atoms with van der Waals surface area (Å²) in [4.78, 5) is 2.56. The zero-order valence-corrected chi connectivity index (χ0v) is 6.20. The van der Waals surface area contributed by atoms with Crippen LogP contribution in [0.2, 0.25) is 0 Å². The Morgan fingerprint density at radius 2 is 2.12 bits per heavy atom. The first-order valence-electron chi connectivity index (χ1n) is 2.86. The second kappa shape index (κ2) is 4.16. The smallest absolute Gasteiger partial charge is 0.0276 e. The lowest BCUT2D eigenvalue weighted by molar-refractivity contribution is 0.525. The van der Waals surface area contributed by atoms with Gasteiger partial charge in [-0.2, -0.15) is 0 Å². The van der Waals surface area contributed by atoms with Crippen LogP contribution >= 0.6 is 11.8 Å². The summed E-state index contributed by atoms with van der Waals surface area (Å²) >= 11 is 5.28. The third-order valence-corrected chi connectivity index (χ3v) is 1.22. The Kier molecular flexibility index (Phi) is 4.29. The molecule has 0 aliphatic carbocycles. The molecule has 8 heavy (non-hydrogen) atoms. The zero-order valence-electron chi connectivity index (χ0n) is 5.45. The van der Waals surface area contributed by atoms with Crippen LogP contribution in [0.15, 0.2) is 0 Å². The van der Waals surface area contributed by atoms with Gasteiger partial charge in [-0.25, -0.2) is 0 Å². The Balaban J connectivity index is 3.10. The molecule has 0 aliphatic rings. The van der Waals surface area contributed by atoms with Gasteiger partial charge < -0.3 is 6.92 Å². The first kappa shape index (κ1) is 8.25. The topological polar surface area (TPSA) is 12.0 Å². The molecule has 0 aromatic rings. The molecule has 0 rings (SSSR count). The third-order valence-electron chi connectivity index (χ3n) is 0.910. The molecule has 1 atom stereocenters. The van der Waals surface area contributed by atoms with Crippen molar-refractivity contribution in [3.8, 4) is 0 Å². The maximum atomic E-state index is 5.28. The summed E-state index contributed by atoms with van der Waals surface area (Å²) in [5.41, 5.74) is 0. The molecule has 0 aromatic heterocycles. The largest absolute Gasteiger partial charge is 0.325 e. The Morgan fingerprint density at radius 3 is 2.25 bits per heavy atom. The van der Waals surface area contributed by atoms with Crippen molar-refractivity contribution in [2.45, 2.75) is 26.3 Å². The van der Waals surface area contributed by atoms with Crippen molar-refractivity contribution < 1.29 is 0 Å². The maximum absolute atomic E-state index is 5.28. The normalized spacial score (nSPS) is 14.6. The van der Waals surface area contributed by atoms with Crippen molar-refractivity contribution in [2.75, 3.05) is 0 Å². The van der Waals surface area contributed by atoms with E-state index in [2.05, 4.69) is 25.6 Å². The van der Waals surface area contributed by atoms with Crippen LogP contribution < -0.4 is 4.84 Å². The standard InChI is InChI=1S/C6H13ClN/c1-5(2)4-6(3)8-7/h5-6,8H,3-4H2,1-2H3/q-1. The summed E-state index contributed by atoms with van der Waals surface area (Å²) in [5.74, 6) is 0.670. The van der Waals surface area contributed by atoms with Gasteiger partial charge in [0, 0.05) is 0 Å². The number of rotatable bonds is 3. The van der Waals surface area contributed by atoms with Crippen molar-refractivity contribution in [1.82, 2.24) is 4.84 Å². The molecule has 0 saturated heterocycles. The second-order valence-electron chi connectivity index (χ2n) is 2.44. The third kappa shape index (κ3) is 4.41. The van der Waals surface area contributed by atoms with Gasteiger partial charge in [0.25, 0.3) is 0 Å². The molecule has 0 aliphatic heterocycles. The van der Waals surface area contributed by atoms with Crippen molar-refractivity contribution in [3.05, 3.63) is 6.92 Å². The van der Waals surface area contributed by atoms with E-state index in [-0.39, 0.29) is 6.04 Å². The van der Waals surface area contributed by atoms with Crippen molar-refractivity contribution in [2.24, 2.45) is 5.92 Å². The molecule has 0 fully saturated rings. The predicted octanol–water partition coefficient (Wildman–Crippen LogP) is 1.98. The summed E-state index contributed by atoms with van der Waals surface area (Å²) in [6, 6.07) is 0.191. The molecule has 2 heteroatoms. The zero-order chi connectivity index (χ0) is 6.57. The van der Waals surface area contributed by atoms with Gasteiger partial charge in [-0.1, -0.05) is 20.3 Å². The minimum absolute atomic E-state index is 0.191. The van der Waals surface area contributed by atoms with Crippen molar-refractivity contribution in [3.63, 3.8) is 0 Å². The van der Waals surface area contributed by atoms with Gasteiger partial charge in [-0.15, -0.1) is 6.04 Å². The lowest BCUT2D eigenvalue weighted by Crippen LogP contribution is -2.18. The molecule has 1 unspecified atom stereocenters. The van der Waals surface area contributed by atoms with Crippen LogP contribution in [0.5, 0.6) is 0 Å². The second-order valence-corrected chi connectivity index (χ2v) is 2.65. The van der Waals surface area contributed by atoms with Gasteiger partial charge in [0.05, 0.1) is 0 Å². The first-order valence-corrected chi connectivity index (χ1v) is 3.24. The van der Waals surface area contributed by atoms with Crippen LogP contribution in [0.3, 0.4) is 0 Å². The van der Waals surface area contributed by atoms with Crippen molar-refractivity contribution >= 4 is 11.8 Å². The van der Waals surface area contributed by atoms with Crippen LogP contribution in [0.25, 0.3) is 0 Å². The Bertz CT molecular complexity index is 54.5. The average Bonchev–Trinajstić information content (AvgIpc) is 1.65. The molecule has 0 aromatic carbocycles. The predicted molar refractivity (Wildman–Crippen MR) is 37.6 cm³/mol. The maximum Gasteiger partial charge on any atom is -0.0276 e. The van der Waals surface area contributed by atoms with Crippen LogP contribution in [-0.4, -0.2) is 6.04 Å². The highest BCUT2D eigenvalue weighted by Gasteiger charge is 1.94. The average molecular weight is 135 g/mol. The molecule has 50 valence electrons. The van der Waals surface area contributed by atoms with E-state index in [0.29, 0.717) is 5.92 Å². The monoisotopic (exact) mass is 134 g/mol. The van der Waals surface area contributed by atoms with Crippen molar-refractivity contribution in [1.29, 1.82) is 0 Å². The fraction of sp³-hybridized carbons (Fsp3) is 0.833. The van der Waals surface area contributed by atoms with E-state index >= 15 is 0 Å². The van der Waals surface area contributed by atoms with E-state index in [1.54, 1.807) is 0 Å². The van der Waals surface area contributed by atoms with E-state index in [1.165, 1.54) is 0 Å². The molecule has 0 saturated carbocycles. The van der Waals surface area contributed by atoms with Gasteiger partial charge >= 0.3 is 0 Å². The molecule has 0 radical (unpaired) electrons. The van der Waals surface area contributed by atoms with Gasteiger partial charge in [-0.3, -0.25) is 4.84 Å². The molecule has 1 nitrogen and oxygen atoms in total. The molecule has 0 amide bonds. The first-order chi connectivity index (χ1) is 3.66. The van der Waals surface area contributed by atoms with E-state index in [4.69, 9.17) is 11.8 Å². The van der Waals surface area contributed by atoms with E-state index in [0.717, 1.165) is 6.42 Å². The van der Waals surface area contributed by atoms with Crippen LogP contribution in [0.1, 0.15) is 20.3 Å². The van der Waals surface area contributed by atoms with E-state index in [9.17, 15) is 0 Å². The number of halogens is 1. The summed E-state index contributed by atoms with van der Waals surface area (Å²) in [5, 5.41) is 0. The summed E-state index contributed by atoms with van der Waals surface area (Å²) < 4.78 is 0. The fourth-order valence-corrected chi connectivity index (χ4v) is 0.703. The number of hydrogen-bond acceptors (Lipinski definition) is 1. The molecule has 0 heterocycles. The summed E-state index contributed by atoms with van der Waals surface area (Å²) in [6.07, 6.45) is 1.03. The minimum atomic E-state index is 0.191. The molecule has 0 spiro atoms. The summed E-state index contributed by atoms with van der Waals surface area (Å²) in [6.45, 7) is 8.04. The number of nitrogens with one attached hydrogen (secondary N) is 1. The fourth-order valence-electron chi connectivity index (χ4n) is 0.614. The highest BCUT2D eigenvalue weighted by Crippen LogP contribution is 2.02. The Morgan fingerprint density at radius 1 is 1.62 bits per heavy atom. The van der Waals surface area contributed by atoms with Gasteiger partial charge in [0.2, 0.25) is 0 Å². The van der Waals surface area contributed by atoms with Crippen LogP contribution in [0, 0.1) is 12.8 Å². The highest BCUT2D eigenvalue weighted by atomic mass is 35.5. The van der Waals surface area contributed by atoms with E-state index in [1.807, 2.05) is 0 Å². The van der Waals surface area contributed by atoms with Gasteiger partial charge in [0.1, 0.15) is 0 Å². The minimum Gasteiger partial charge on any atom is -0.325 e. The lowest BCUT2D eigenvalue weighted by Gasteiger charge is -2.16. The van der Waals surface area contributed by atoms with Crippen LogP contribution in [-0.2, 0) is 0 Å². The SMILES string of the molecule is [CH2-]C(CC(C)C)NCl. The van der Waals surface area contributed by atoms with Gasteiger partial charge in [0.15, 0.2) is 0 Å². The molecular formula is C6H13ClN-. The Hall–Kier alpha value is 0.250. The number of hydrogen-bond donors (Lipinski definition) is 1. The highest BCUT2D eigenvalue weighted by molar-refractivity contribution is 6.13. The summed E-state index contributed by atoms with van der Waals surface area (Å²) in [7, 11) is 0.